The number of sulfonamides is 2. The number of nitrogens with one attached hydrogen (secondary N) is 1. The van der Waals surface area contributed by atoms with Gasteiger partial charge in [0.2, 0.25) is 15.9 Å². The first-order chi connectivity index (χ1) is 20.0. The number of methoxy groups -OCH3 is 3. The van der Waals surface area contributed by atoms with Crippen LogP contribution in [0.15, 0.2) is 70.5 Å². The number of benzene rings is 3. The van der Waals surface area contributed by atoms with Gasteiger partial charge in [-0.25, -0.2) is 16.8 Å². The Labute approximate surface area is 245 Å². The van der Waals surface area contributed by atoms with Crippen molar-refractivity contribution >= 4 is 37.3 Å². The van der Waals surface area contributed by atoms with Crippen LogP contribution in [0.2, 0.25) is 0 Å². The fourth-order valence-electron chi connectivity index (χ4n) is 4.34. The number of hydrogen-bond donors (Lipinski definition) is 1. The second-order valence-corrected chi connectivity index (χ2v) is 13.1. The van der Waals surface area contributed by atoms with Gasteiger partial charge in [0.05, 0.1) is 45.1 Å². The number of aryl methyl sites for hydroxylation is 1. The van der Waals surface area contributed by atoms with Crippen molar-refractivity contribution in [3.63, 3.8) is 0 Å². The summed E-state index contributed by atoms with van der Waals surface area (Å²) in [4.78, 5) is 13.2. The molecule has 0 saturated carbocycles. The number of anilines is 2. The summed E-state index contributed by atoms with van der Waals surface area (Å²) in [6, 6.07) is 15.0. The number of ether oxygens (including phenoxy) is 4. The second-order valence-electron chi connectivity index (χ2n) is 9.29. The summed E-state index contributed by atoms with van der Waals surface area (Å²) in [7, 11) is -4.07. The van der Waals surface area contributed by atoms with E-state index in [4.69, 9.17) is 18.9 Å². The van der Waals surface area contributed by atoms with Gasteiger partial charge in [0.25, 0.3) is 10.0 Å². The molecule has 1 saturated heterocycles. The standard InChI is InChI=1S/C28H33N3O9S2/c1-20-5-9-23(10-6-20)41(33,34)31(24-18-22(37-2)8-12-25(24)38-3)19-28(32)29-21-7-11-26(39-4)27(17-21)42(35,36)30-13-15-40-16-14-30/h5-12,17-18H,13-16,19H2,1-4H3,(H,29,32). The molecular formula is C28H33N3O9S2. The first-order valence-electron chi connectivity index (χ1n) is 12.9. The highest BCUT2D eigenvalue weighted by Gasteiger charge is 2.32. The lowest BCUT2D eigenvalue weighted by atomic mass is 10.2. The van der Waals surface area contributed by atoms with Gasteiger partial charge in [-0.05, 0) is 49.4 Å². The Morgan fingerprint density at radius 1 is 0.881 bits per heavy atom. The molecular weight excluding hydrogens is 586 g/mol. The van der Waals surface area contributed by atoms with Gasteiger partial charge in [-0.15, -0.1) is 0 Å². The molecule has 3 aromatic carbocycles. The van der Waals surface area contributed by atoms with Crippen LogP contribution in [0.3, 0.4) is 0 Å². The van der Waals surface area contributed by atoms with Crippen molar-refractivity contribution in [3.8, 4) is 17.2 Å². The lowest BCUT2D eigenvalue weighted by Gasteiger charge is -2.27. The summed E-state index contributed by atoms with van der Waals surface area (Å²) in [6.07, 6.45) is 0. The molecule has 1 aliphatic rings. The number of nitrogens with zero attached hydrogens (tertiary/aromatic N) is 2. The number of hydrogen-bond acceptors (Lipinski definition) is 9. The van der Waals surface area contributed by atoms with Crippen molar-refractivity contribution in [2.75, 3.05) is 63.8 Å². The monoisotopic (exact) mass is 619 g/mol. The molecule has 1 heterocycles. The fourth-order valence-corrected chi connectivity index (χ4v) is 7.35. The van der Waals surface area contributed by atoms with Crippen LogP contribution in [0.5, 0.6) is 17.2 Å². The maximum absolute atomic E-state index is 13.9. The Morgan fingerprint density at radius 2 is 1.52 bits per heavy atom. The first kappa shape index (κ1) is 31.1. The van der Waals surface area contributed by atoms with E-state index in [1.54, 1.807) is 18.2 Å². The quantitative estimate of drug-likeness (QED) is 0.343. The topological polar surface area (TPSA) is 141 Å². The molecule has 0 spiro atoms. The zero-order valence-corrected chi connectivity index (χ0v) is 25.3. The van der Waals surface area contributed by atoms with Gasteiger partial charge < -0.3 is 24.3 Å². The Bertz CT molecular complexity index is 1640. The van der Waals surface area contributed by atoms with Crippen LogP contribution in [-0.4, -0.2) is 81.2 Å². The Hall–Kier alpha value is -3.85. The highest BCUT2D eigenvalue weighted by Crippen LogP contribution is 2.36. The average Bonchev–Trinajstić information content (AvgIpc) is 3.00. The van der Waals surface area contributed by atoms with Gasteiger partial charge in [0.1, 0.15) is 28.7 Å². The predicted molar refractivity (Wildman–Crippen MR) is 156 cm³/mol. The fraction of sp³-hybridized carbons (Fsp3) is 0.321. The molecule has 3 aromatic rings. The van der Waals surface area contributed by atoms with E-state index < -0.39 is 32.5 Å². The highest BCUT2D eigenvalue weighted by molar-refractivity contribution is 7.93. The van der Waals surface area contributed by atoms with Crippen LogP contribution in [0.4, 0.5) is 11.4 Å². The second kappa shape index (κ2) is 13.0. The minimum Gasteiger partial charge on any atom is -0.497 e. The summed E-state index contributed by atoms with van der Waals surface area (Å²) in [5.74, 6) is -0.0781. The van der Waals surface area contributed by atoms with Gasteiger partial charge in [-0.1, -0.05) is 17.7 Å². The van der Waals surface area contributed by atoms with Crippen LogP contribution in [0.25, 0.3) is 0 Å². The Balaban J connectivity index is 1.70. The lowest BCUT2D eigenvalue weighted by molar-refractivity contribution is -0.114. The molecule has 1 fully saturated rings. The summed E-state index contributed by atoms with van der Waals surface area (Å²) < 4.78 is 78.0. The molecule has 0 atom stereocenters. The zero-order chi connectivity index (χ0) is 30.5. The van der Waals surface area contributed by atoms with Crippen LogP contribution in [-0.2, 0) is 29.6 Å². The first-order valence-corrected chi connectivity index (χ1v) is 15.8. The summed E-state index contributed by atoms with van der Waals surface area (Å²) in [5.41, 5.74) is 1.08. The molecule has 0 unspecified atom stereocenters. The molecule has 0 radical (unpaired) electrons. The smallest absolute Gasteiger partial charge is 0.264 e. The number of carbonyl (C=O) groups is 1. The van der Waals surface area contributed by atoms with Gasteiger partial charge in [-0.3, -0.25) is 9.10 Å². The molecule has 4 rings (SSSR count). The van der Waals surface area contributed by atoms with Crippen molar-refractivity contribution in [1.29, 1.82) is 0 Å². The van der Waals surface area contributed by atoms with Gasteiger partial charge in [0, 0.05) is 24.8 Å². The SMILES string of the molecule is COc1ccc(OC)c(N(CC(=O)Nc2ccc(OC)c(S(=O)(=O)N3CCOCC3)c2)S(=O)(=O)c2ccc(C)cc2)c1. The van der Waals surface area contributed by atoms with E-state index in [0.717, 1.165) is 9.87 Å². The summed E-state index contributed by atoms with van der Waals surface area (Å²) >= 11 is 0. The number of carbonyl (C=O) groups excluding carboxylic acids is 1. The largest absolute Gasteiger partial charge is 0.497 e. The van der Waals surface area contributed by atoms with Crippen molar-refractivity contribution in [3.05, 3.63) is 66.2 Å². The zero-order valence-electron chi connectivity index (χ0n) is 23.7. The van der Waals surface area contributed by atoms with Crippen LogP contribution < -0.4 is 23.8 Å². The maximum atomic E-state index is 13.9. The van der Waals surface area contributed by atoms with Crippen molar-refractivity contribution in [1.82, 2.24) is 4.31 Å². The molecule has 1 amide bonds. The van der Waals surface area contributed by atoms with Crippen LogP contribution in [0.1, 0.15) is 5.56 Å². The number of amides is 1. The third-order valence-electron chi connectivity index (χ3n) is 6.59. The van der Waals surface area contributed by atoms with E-state index in [1.807, 2.05) is 6.92 Å². The molecule has 0 aromatic heterocycles. The third-order valence-corrected chi connectivity index (χ3v) is 10.3. The highest BCUT2D eigenvalue weighted by atomic mass is 32.2. The maximum Gasteiger partial charge on any atom is 0.264 e. The van der Waals surface area contributed by atoms with E-state index >= 15 is 0 Å². The van der Waals surface area contributed by atoms with Crippen molar-refractivity contribution in [2.24, 2.45) is 0 Å². The number of morpholine rings is 1. The Morgan fingerprint density at radius 3 is 2.14 bits per heavy atom. The molecule has 12 nitrogen and oxygen atoms in total. The average molecular weight is 620 g/mol. The van der Waals surface area contributed by atoms with E-state index in [9.17, 15) is 21.6 Å². The van der Waals surface area contributed by atoms with Crippen molar-refractivity contribution in [2.45, 2.75) is 16.7 Å². The van der Waals surface area contributed by atoms with E-state index in [2.05, 4.69) is 5.32 Å². The van der Waals surface area contributed by atoms with Crippen LogP contribution in [0, 0.1) is 6.92 Å². The van der Waals surface area contributed by atoms with Gasteiger partial charge in [-0.2, -0.15) is 4.31 Å². The normalized spacial score (nSPS) is 14.2. The molecule has 1 aliphatic heterocycles. The van der Waals surface area contributed by atoms with E-state index in [0.29, 0.717) is 5.75 Å². The third kappa shape index (κ3) is 6.62. The van der Waals surface area contributed by atoms with E-state index in [1.165, 1.54) is 68.1 Å². The van der Waals surface area contributed by atoms with Crippen LogP contribution >= 0.6 is 0 Å². The van der Waals surface area contributed by atoms with E-state index in [-0.39, 0.29) is 59.0 Å². The summed E-state index contributed by atoms with van der Waals surface area (Å²) in [5, 5.41) is 2.63. The molecule has 0 bridgehead atoms. The minimum atomic E-state index is -4.27. The predicted octanol–water partition coefficient (Wildman–Crippen LogP) is 2.88. The number of rotatable bonds is 11. The molecule has 1 N–H and O–H groups in total. The molecule has 14 heteroatoms. The lowest BCUT2D eigenvalue weighted by Crippen LogP contribution is -2.40. The summed E-state index contributed by atoms with van der Waals surface area (Å²) in [6.45, 7) is 2.05. The molecule has 226 valence electrons. The van der Waals surface area contributed by atoms with Gasteiger partial charge in [0.15, 0.2) is 0 Å². The Kier molecular flexibility index (Phi) is 9.61. The minimum absolute atomic E-state index is 0.0332. The molecule has 42 heavy (non-hydrogen) atoms. The van der Waals surface area contributed by atoms with Gasteiger partial charge >= 0.3 is 0 Å². The molecule has 0 aliphatic carbocycles. The van der Waals surface area contributed by atoms with Crippen molar-refractivity contribution < 1.29 is 40.6 Å².